The summed E-state index contributed by atoms with van der Waals surface area (Å²) in [6.07, 6.45) is 0. The van der Waals surface area contributed by atoms with E-state index in [2.05, 4.69) is 9.97 Å². The van der Waals surface area contributed by atoms with Gasteiger partial charge in [0.1, 0.15) is 5.82 Å². The number of anilines is 2. The second-order valence-electron chi connectivity index (χ2n) is 5.35. The molecule has 7 nitrogen and oxygen atoms in total. The second kappa shape index (κ2) is 7.29. The van der Waals surface area contributed by atoms with Crippen molar-refractivity contribution in [3.05, 3.63) is 53.8 Å². The molecular weight excluding hydrogens is 327 g/mol. The van der Waals surface area contributed by atoms with E-state index < -0.39 is 5.91 Å². The average molecular weight is 344 g/mol. The van der Waals surface area contributed by atoms with E-state index in [1.54, 1.807) is 42.9 Å². The van der Waals surface area contributed by atoms with Gasteiger partial charge in [-0.1, -0.05) is 0 Å². The number of benzene rings is 2. The third-order valence-corrected chi connectivity index (χ3v) is 3.75. The summed E-state index contributed by atoms with van der Waals surface area (Å²) >= 11 is 0. The van der Waals surface area contributed by atoms with Crippen molar-refractivity contribution in [1.82, 2.24) is 15.4 Å². The van der Waals surface area contributed by atoms with Crippen molar-refractivity contribution in [3.63, 3.8) is 0 Å². The fourth-order valence-electron chi connectivity index (χ4n) is 2.49. The molecule has 0 spiro atoms. The molecule has 3 N–H and O–H groups in total. The largest absolute Gasteiger partial charge is 0.383 e. The fourth-order valence-corrected chi connectivity index (χ4v) is 2.49. The number of hydrogen-bond donors (Lipinski definition) is 3. The van der Waals surface area contributed by atoms with Gasteiger partial charge in [-0.25, -0.2) is 14.9 Å². The standard InChI is InChI=1S/C17H17FN4O3/c1-25-9-8-22(13-5-2-11(3-6-13)16(23)21-24)17-19-14-7-4-12(18)10-15(14)20-17/h2-7,10,24H,8-9H2,1H3,(H,19,20)(H,21,23). The molecule has 2 aromatic carbocycles. The van der Waals surface area contributed by atoms with Gasteiger partial charge in [0, 0.05) is 24.9 Å². The van der Waals surface area contributed by atoms with Crippen LogP contribution >= 0.6 is 0 Å². The van der Waals surface area contributed by atoms with Gasteiger partial charge in [-0.3, -0.25) is 10.0 Å². The van der Waals surface area contributed by atoms with E-state index in [0.29, 0.717) is 35.7 Å². The minimum absolute atomic E-state index is 0.324. The number of carbonyl (C=O) groups excluding carboxylic acids is 1. The van der Waals surface area contributed by atoms with Crippen LogP contribution in [0.15, 0.2) is 42.5 Å². The zero-order chi connectivity index (χ0) is 17.8. The van der Waals surface area contributed by atoms with Crippen LogP contribution in [-0.2, 0) is 4.74 Å². The van der Waals surface area contributed by atoms with Crippen molar-refractivity contribution >= 4 is 28.6 Å². The molecule has 3 rings (SSSR count). The van der Waals surface area contributed by atoms with Gasteiger partial charge < -0.3 is 14.6 Å². The van der Waals surface area contributed by atoms with E-state index in [9.17, 15) is 9.18 Å². The van der Waals surface area contributed by atoms with Crippen LogP contribution in [-0.4, -0.2) is 41.3 Å². The number of amides is 1. The molecule has 1 amide bonds. The van der Waals surface area contributed by atoms with Gasteiger partial charge in [0.05, 0.1) is 17.6 Å². The number of nitrogens with one attached hydrogen (secondary N) is 2. The molecule has 0 aliphatic heterocycles. The lowest BCUT2D eigenvalue weighted by Gasteiger charge is -2.21. The first-order valence-electron chi connectivity index (χ1n) is 7.58. The molecular formula is C17H17FN4O3. The molecule has 8 heteroatoms. The van der Waals surface area contributed by atoms with E-state index in [1.807, 2.05) is 4.90 Å². The third kappa shape index (κ3) is 3.59. The first-order valence-corrected chi connectivity index (χ1v) is 7.58. The van der Waals surface area contributed by atoms with Crippen molar-refractivity contribution in [2.45, 2.75) is 0 Å². The number of carbonyl (C=O) groups is 1. The van der Waals surface area contributed by atoms with E-state index in [4.69, 9.17) is 9.94 Å². The van der Waals surface area contributed by atoms with Crippen LogP contribution in [0.5, 0.6) is 0 Å². The highest BCUT2D eigenvalue weighted by molar-refractivity contribution is 5.93. The van der Waals surface area contributed by atoms with Gasteiger partial charge in [-0.2, -0.15) is 0 Å². The predicted octanol–water partition coefficient (Wildman–Crippen LogP) is 2.61. The maximum absolute atomic E-state index is 13.4. The minimum atomic E-state index is -0.589. The van der Waals surface area contributed by atoms with Gasteiger partial charge >= 0.3 is 0 Å². The number of nitrogens with zero attached hydrogens (tertiary/aromatic N) is 2. The first-order chi connectivity index (χ1) is 12.1. The van der Waals surface area contributed by atoms with E-state index in [0.717, 1.165) is 5.69 Å². The van der Waals surface area contributed by atoms with Crippen LogP contribution in [0.2, 0.25) is 0 Å². The van der Waals surface area contributed by atoms with E-state index in [1.165, 1.54) is 12.1 Å². The lowest BCUT2D eigenvalue weighted by atomic mass is 10.2. The van der Waals surface area contributed by atoms with Gasteiger partial charge in [-0.15, -0.1) is 0 Å². The first kappa shape index (κ1) is 16.9. The van der Waals surface area contributed by atoms with Crippen LogP contribution in [0.25, 0.3) is 11.0 Å². The highest BCUT2D eigenvalue weighted by Gasteiger charge is 2.15. The zero-order valence-electron chi connectivity index (χ0n) is 13.5. The number of rotatable bonds is 6. The SMILES string of the molecule is COCCN(c1ccc(C(=O)NO)cc1)c1nc2ccc(F)cc2[nH]1. The summed E-state index contributed by atoms with van der Waals surface area (Å²) in [5.41, 5.74) is 3.93. The number of methoxy groups -OCH3 is 1. The molecule has 130 valence electrons. The molecule has 0 saturated heterocycles. The smallest absolute Gasteiger partial charge is 0.274 e. The lowest BCUT2D eigenvalue weighted by Crippen LogP contribution is -2.23. The van der Waals surface area contributed by atoms with E-state index >= 15 is 0 Å². The molecule has 0 aliphatic carbocycles. The molecule has 0 unspecified atom stereocenters. The number of H-pyrrole nitrogens is 1. The Hall–Kier alpha value is -2.97. The number of hydrogen-bond acceptors (Lipinski definition) is 5. The quantitative estimate of drug-likeness (QED) is 0.472. The Morgan fingerprint density at radius 2 is 2.08 bits per heavy atom. The van der Waals surface area contributed by atoms with Crippen LogP contribution in [0.1, 0.15) is 10.4 Å². The fraction of sp³-hybridized carbons (Fsp3) is 0.176. The number of aromatic amines is 1. The summed E-state index contributed by atoms with van der Waals surface area (Å²) in [5.74, 6) is -0.392. The van der Waals surface area contributed by atoms with Crippen molar-refractivity contribution < 1.29 is 19.1 Å². The minimum Gasteiger partial charge on any atom is -0.383 e. The van der Waals surface area contributed by atoms with Crippen molar-refractivity contribution in [2.24, 2.45) is 0 Å². The Balaban J connectivity index is 1.96. The monoisotopic (exact) mass is 344 g/mol. The zero-order valence-corrected chi connectivity index (χ0v) is 13.5. The van der Waals surface area contributed by atoms with Gasteiger partial charge in [0.25, 0.3) is 5.91 Å². The lowest BCUT2D eigenvalue weighted by molar-refractivity contribution is 0.0706. The summed E-state index contributed by atoms with van der Waals surface area (Å²) in [7, 11) is 1.60. The van der Waals surface area contributed by atoms with E-state index in [-0.39, 0.29) is 5.82 Å². The Morgan fingerprint density at radius 3 is 2.76 bits per heavy atom. The highest BCUT2D eigenvalue weighted by atomic mass is 19.1. The maximum atomic E-state index is 13.4. The van der Waals surface area contributed by atoms with Crippen molar-refractivity contribution in [3.8, 4) is 0 Å². The molecule has 1 aromatic heterocycles. The summed E-state index contributed by atoms with van der Waals surface area (Å²) in [5, 5.41) is 8.69. The molecule has 0 fully saturated rings. The number of hydroxylamine groups is 1. The molecule has 0 radical (unpaired) electrons. The normalized spacial score (nSPS) is 10.8. The molecule has 0 saturated carbocycles. The molecule has 25 heavy (non-hydrogen) atoms. The third-order valence-electron chi connectivity index (χ3n) is 3.75. The Labute approximate surface area is 143 Å². The highest BCUT2D eigenvalue weighted by Crippen LogP contribution is 2.26. The summed E-state index contributed by atoms with van der Waals surface area (Å²) < 4.78 is 18.5. The van der Waals surface area contributed by atoms with Crippen molar-refractivity contribution in [2.75, 3.05) is 25.2 Å². The maximum Gasteiger partial charge on any atom is 0.274 e. The number of fused-ring (bicyclic) bond motifs is 1. The topological polar surface area (TPSA) is 90.5 Å². The predicted molar refractivity (Wildman–Crippen MR) is 90.6 cm³/mol. The molecule has 0 bridgehead atoms. The van der Waals surface area contributed by atoms with Crippen LogP contribution in [0.3, 0.4) is 0 Å². The van der Waals surface area contributed by atoms with Gasteiger partial charge in [-0.05, 0) is 42.5 Å². The number of halogens is 1. The van der Waals surface area contributed by atoms with Crippen LogP contribution in [0, 0.1) is 5.82 Å². The number of ether oxygens (including phenoxy) is 1. The number of aromatic nitrogens is 2. The Kier molecular flexibility index (Phi) is 4.92. The number of imidazole rings is 1. The molecule has 3 aromatic rings. The molecule has 0 atom stereocenters. The van der Waals surface area contributed by atoms with Crippen molar-refractivity contribution in [1.29, 1.82) is 0 Å². The molecule has 0 aliphatic rings. The van der Waals surface area contributed by atoms with Crippen LogP contribution in [0.4, 0.5) is 16.0 Å². The second-order valence-corrected chi connectivity index (χ2v) is 5.35. The Morgan fingerprint density at radius 1 is 1.32 bits per heavy atom. The average Bonchev–Trinajstić information content (AvgIpc) is 3.04. The molecule has 1 heterocycles. The summed E-state index contributed by atoms with van der Waals surface area (Å²) in [6, 6.07) is 11.0. The van der Waals surface area contributed by atoms with Gasteiger partial charge in [0.2, 0.25) is 5.95 Å². The summed E-state index contributed by atoms with van der Waals surface area (Å²) in [4.78, 5) is 20.9. The summed E-state index contributed by atoms with van der Waals surface area (Å²) in [6.45, 7) is 0.953. The Bertz CT molecular complexity index is 879. The van der Waals surface area contributed by atoms with Crippen LogP contribution < -0.4 is 10.4 Å². The van der Waals surface area contributed by atoms with Gasteiger partial charge in [0.15, 0.2) is 0 Å².